The van der Waals surface area contributed by atoms with Crippen LogP contribution in [-0.2, 0) is 11.2 Å². The number of furan rings is 1. The zero-order valence-corrected chi connectivity index (χ0v) is 11.9. The van der Waals surface area contributed by atoms with Crippen molar-refractivity contribution in [3.63, 3.8) is 0 Å². The maximum Gasteiger partial charge on any atom is 0.315 e. The second-order valence-corrected chi connectivity index (χ2v) is 4.99. The number of hydrogen-bond donors (Lipinski definition) is 3. The molecule has 0 radical (unpaired) electrons. The van der Waals surface area contributed by atoms with Gasteiger partial charge in [0.25, 0.3) is 0 Å². The third-order valence-electron chi connectivity index (χ3n) is 2.87. The van der Waals surface area contributed by atoms with Crippen molar-refractivity contribution in [3.05, 3.63) is 24.2 Å². The number of aliphatic carboxylic acids is 1. The van der Waals surface area contributed by atoms with E-state index in [4.69, 9.17) is 9.52 Å². The number of carboxylic acids is 1. The molecule has 0 saturated heterocycles. The first-order valence-corrected chi connectivity index (χ1v) is 6.78. The van der Waals surface area contributed by atoms with Crippen molar-refractivity contribution in [1.29, 1.82) is 0 Å². The van der Waals surface area contributed by atoms with Gasteiger partial charge in [0.05, 0.1) is 6.26 Å². The quantitative estimate of drug-likeness (QED) is 0.681. The van der Waals surface area contributed by atoms with E-state index >= 15 is 0 Å². The Morgan fingerprint density at radius 3 is 2.60 bits per heavy atom. The maximum atomic E-state index is 11.7. The van der Waals surface area contributed by atoms with Gasteiger partial charge in [-0.1, -0.05) is 0 Å². The molecule has 6 heteroatoms. The third kappa shape index (κ3) is 6.82. The molecule has 20 heavy (non-hydrogen) atoms. The van der Waals surface area contributed by atoms with E-state index < -0.39 is 5.97 Å². The third-order valence-corrected chi connectivity index (χ3v) is 2.87. The van der Waals surface area contributed by atoms with Crippen LogP contribution in [0.4, 0.5) is 4.79 Å². The van der Waals surface area contributed by atoms with Gasteiger partial charge in [-0.3, -0.25) is 4.79 Å². The number of hydrogen-bond acceptors (Lipinski definition) is 3. The van der Waals surface area contributed by atoms with E-state index in [1.54, 1.807) is 6.26 Å². The monoisotopic (exact) mass is 282 g/mol. The summed E-state index contributed by atoms with van der Waals surface area (Å²) in [5.74, 6) is 0.0148. The van der Waals surface area contributed by atoms with E-state index in [0.29, 0.717) is 19.3 Å². The van der Waals surface area contributed by atoms with Crippen LogP contribution >= 0.6 is 0 Å². The Balaban J connectivity index is 2.19. The van der Waals surface area contributed by atoms with Crippen LogP contribution in [0.3, 0.4) is 0 Å². The van der Waals surface area contributed by atoms with Gasteiger partial charge < -0.3 is 20.2 Å². The normalized spacial score (nSPS) is 13.5. The summed E-state index contributed by atoms with van der Waals surface area (Å²) in [4.78, 5) is 22.1. The summed E-state index contributed by atoms with van der Waals surface area (Å²) in [5, 5.41) is 14.2. The molecule has 1 aromatic rings. The van der Waals surface area contributed by atoms with Crippen molar-refractivity contribution in [2.24, 2.45) is 0 Å². The number of rotatable bonds is 8. The van der Waals surface area contributed by atoms with Crippen LogP contribution in [-0.4, -0.2) is 29.2 Å². The topological polar surface area (TPSA) is 91.6 Å². The highest BCUT2D eigenvalue weighted by molar-refractivity contribution is 5.74. The van der Waals surface area contributed by atoms with E-state index in [9.17, 15) is 9.59 Å². The summed E-state index contributed by atoms with van der Waals surface area (Å²) in [6.45, 7) is 3.76. The molecule has 0 fully saturated rings. The highest BCUT2D eigenvalue weighted by Gasteiger charge is 2.12. The van der Waals surface area contributed by atoms with Crippen LogP contribution in [0.15, 0.2) is 22.8 Å². The Bertz CT molecular complexity index is 417. The first-order valence-electron chi connectivity index (χ1n) is 6.78. The van der Waals surface area contributed by atoms with Crippen LogP contribution in [0.2, 0.25) is 0 Å². The number of nitrogens with one attached hydrogen (secondary N) is 2. The molecule has 0 bridgehead atoms. The Labute approximate surface area is 118 Å². The van der Waals surface area contributed by atoms with Gasteiger partial charge in [0.2, 0.25) is 0 Å². The van der Waals surface area contributed by atoms with Gasteiger partial charge >= 0.3 is 12.0 Å². The summed E-state index contributed by atoms with van der Waals surface area (Å²) in [7, 11) is 0. The largest absolute Gasteiger partial charge is 0.481 e. The summed E-state index contributed by atoms with van der Waals surface area (Å²) in [6.07, 6.45) is 3.56. The Hall–Kier alpha value is -1.98. The molecule has 112 valence electrons. The molecule has 3 N–H and O–H groups in total. The number of carbonyl (C=O) groups excluding carboxylic acids is 1. The van der Waals surface area contributed by atoms with Gasteiger partial charge in [-0.2, -0.15) is 0 Å². The second-order valence-electron chi connectivity index (χ2n) is 4.99. The van der Waals surface area contributed by atoms with Crippen LogP contribution in [0.1, 0.15) is 38.9 Å². The molecule has 0 aliphatic carbocycles. The number of urea groups is 1. The molecule has 0 aliphatic rings. The summed E-state index contributed by atoms with van der Waals surface area (Å²) < 4.78 is 5.22. The highest BCUT2D eigenvalue weighted by atomic mass is 16.4. The average molecular weight is 282 g/mol. The predicted octanol–water partition coefficient (Wildman–Crippen LogP) is 2.15. The number of amides is 2. The Kier molecular flexibility index (Phi) is 6.63. The number of carboxylic acid groups (broad SMARTS) is 1. The predicted molar refractivity (Wildman–Crippen MR) is 74.5 cm³/mol. The van der Waals surface area contributed by atoms with Crippen molar-refractivity contribution >= 4 is 12.0 Å². The molecule has 0 aliphatic heterocycles. The summed E-state index contributed by atoms with van der Waals surface area (Å²) >= 11 is 0. The molecular weight excluding hydrogens is 260 g/mol. The summed E-state index contributed by atoms with van der Waals surface area (Å²) in [5.41, 5.74) is 0. The van der Waals surface area contributed by atoms with E-state index in [2.05, 4.69) is 10.6 Å². The van der Waals surface area contributed by atoms with Crippen LogP contribution < -0.4 is 10.6 Å². The average Bonchev–Trinajstić information content (AvgIpc) is 2.80. The molecular formula is C14H22N2O4. The van der Waals surface area contributed by atoms with Crippen LogP contribution in [0, 0.1) is 0 Å². The molecule has 0 saturated carbocycles. The van der Waals surface area contributed by atoms with Crippen LogP contribution in [0.25, 0.3) is 0 Å². The Morgan fingerprint density at radius 2 is 2.00 bits per heavy atom. The maximum absolute atomic E-state index is 11.7. The minimum Gasteiger partial charge on any atom is -0.481 e. The molecule has 0 aromatic carbocycles. The summed E-state index contributed by atoms with van der Waals surface area (Å²) in [6, 6.07) is 3.35. The lowest BCUT2D eigenvalue weighted by Crippen LogP contribution is -2.45. The first kappa shape index (κ1) is 16.1. The fourth-order valence-electron chi connectivity index (χ4n) is 1.90. The smallest absolute Gasteiger partial charge is 0.315 e. The lowest BCUT2D eigenvalue weighted by Gasteiger charge is -2.17. The van der Waals surface area contributed by atoms with Crippen molar-refractivity contribution < 1.29 is 19.1 Å². The van der Waals surface area contributed by atoms with Gasteiger partial charge in [0, 0.05) is 24.9 Å². The van der Waals surface area contributed by atoms with E-state index in [-0.39, 0.29) is 24.5 Å². The van der Waals surface area contributed by atoms with Crippen molar-refractivity contribution in [3.8, 4) is 0 Å². The van der Waals surface area contributed by atoms with Crippen molar-refractivity contribution in [2.75, 3.05) is 0 Å². The van der Waals surface area contributed by atoms with E-state index in [1.165, 1.54) is 0 Å². The van der Waals surface area contributed by atoms with Crippen LogP contribution in [0.5, 0.6) is 0 Å². The molecule has 1 aromatic heterocycles. The molecule has 1 heterocycles. The highest BCUT2D eigenvalue weighted by Crippen LogP contribution is 2.04. The van der Waals surface area contributed by atoms with Crippen molar-refractivity contribution in [1.82, 2.24) is 10.6 Å². The minimum atomic E-state index is -0.811. The molecule has 0 spiro atoms. The standard InChI is InChI=1S/C14H22N2O4/c1-10(5-3-7-13(17)18)15-14(19)16-11(2)9-12-6-4-8-20-12/h4,6,8,10-11H,3,5,7,9H2,1-2H3,(H,17,18)(H2,15,16,19). The van der Waals surface area contributed by atoms with Gasteiger partial charge in [-0.15, -0.1) is 0 Å². The molecule has 2 amide bonds. The zero-order valence-electron chi connectivity index (χ0n) is 11.9. The lowest BCUT2D eigenvalue weighted by atomic mass is 10.1. The van der Waals surface area contributed by atoms with Gasteiger partial charge in [-0.25, -0.2) is 4.79 Å². The van der Waals surface area contributed by atoms with Gasteiger partial charge in [0.1, 0.15) is 5.76 Å². The first-order chi connectivity index (χ1) is 9.47. The van der Waals surface area contributed by atoms with Gasteiger partial charge in [0.15, 0.2) is 0 Å². The molecule has 1 rings (SSSR count). The second kappa shape index (κ2) is 8.24. The zero-order chi connectivity index (χ0) is 15.0. The Morgan fingerprint density at radius 1 is 1.30 bits per heavy atom. The van der Waals surface area contributed by atoms with Gasteiger partial charge in [-0.05, 0) is 38.8 Å². The molecule has 2 unspecified atom stereocenters. The SMILES string of the molecule is CC(CCCC(=O)O)NC(=O)NC(C)Cc1ccco1. The fraction of sp³-hybridized carbons (Fsp3) is 0.571. The minimum absolute atomic E-state index is 0.0348. The number of carbonyl (C=O) groups is 2. The molecule has 6 nitrogen and oxygen atoms in total. The van der Waals surface area contributed by atoms with E-state index in [1.807, 2.05) is 26.0 Å². The molecule has 2 atom stereocenters. The fourth-order valence-corrected chi connectivity index (χ4v) is 1.90. The van der Waals surface area contributed by atoms with Crippen molar-refractivity contribution in [2.45, 2.75) is 51.6 Å². The van der Waals surface area contributed by atoms with E-state index in [0.717, 1.165) is 5.76 Å². The lowest BCUT2D eigenvalue weighted by molar-refractivity contribution is -0.137.